The molecular formula is C14H23NO2. The topological polar surface area (TPSA) is 41.5 Å². The van der Waals surface area contributed by atoms with Crippen molar-refractivity contribution in [3.63, 3.8) is 0 Å². The summed E-state index contributed by atoms with van der Waals surface area (Å²) in [4.78, 5) is 0. The van der Waals surface area contributed by atoms with Gasteiger partial charge in [0.2, 0.25) is 0 Å². The molecule has 96 valence electrons. The van der Waals surface area contributed by atoms with Crippen LogP contribution in [0.25, 0.3) is 0 Å². The van der Waals surface area contributed by atoms with E-state index < -0.39 is 5.60 Å². The highest BCUT2D eigenvalue weighted by molar-refractivity contribution is 5.35. The second kappa shape index (κ2) is 6.03. The van der Waals surface area contributed by atoms with Crippen molar-refractivity contribution in [2.45, 2.75) is 38.8 Å². The molecule has 0 heterocycles. The third kappa shape index (κ3) is 4.75. The van der Waals surface area contributed by atoms with Crippen LogP contribution in [0.4, 0.5) is 0 Å². The van der Waals surface area contributed by atoms with Crippen LogP contribution in [0.2, 0.25) is 0 Å². The van der Waals surface area contributed by atoms with E-state index in [1.165, 1.54) is 0 Å². The Balaban J connectivity index is 2.64. The number of nitrogens with one attached hydrogen (secondary N) is 1. The molecule has 2 N–H and O–H groups in total. The summed E-state index contributed by atoms with van der Waals surface area (Å²) in [6.45, 7) is 6.20. The molecule has 0 spiro atoms. The molecule has 0 aromatic heterocycles. The number of benzene rings is 1. The van der Waals surface area contributed by atoms with Crippen LogP contribution in [0.3, 0.4) is 0 Å². The van der Waals surface area contributed by atoms with Gasteiger partial charge in [0.15, 0.2) is 0 Å². The SMILES string of the molecule is CNC(C)c1ccccc1OCCC(C)(C)O. The minimum absolute atomic E-state index is 0.258. The van der Waals surface area contributed by atoms with E-state index in [4.69, 9.17) is 4.74 Å². The lowest BCUT2D eigenvalue weighted by Crippen LogP contribution is -2.22. The molecular weight excluding hydrogens is 214 g/mol. The molecule has 1 atom stereocenters. The fourth-order valence-electron chi connectivity index (χ4n) is 1.54. The van der Waals surface area contributed by atoms with Crippen molar-refractivity contribution in [3.8, 4) is 5.75 Å². The minimum Gasteiger partial charge on any atom is -0.493 e. The first-order chi connectivity index (χ1) is 7.94. The zero-order chi connectivity index (χ0) is 12.9. The summed E-state index contributed by atoms with van der Waals surface area (Å²) in [5, 5.41) is 12.8. The van der Waals surface area contributed by atoms with Gasteiger partial charge in [-0.2, -0.15) is 0 Å². The summed E-state index contributed by atoms with van der Waals surface area (Å²) in [5.41, 5.74) is 0.467. The summed E-state index contributed by atoms with van der Waals surface area (Å²) in [5.74, 6) is 0.888. The Hall–Kier alpha value is -1.06. The van der Waals surface area contributed by atoms with Crippen molar-refractivity contribution in [1.82, 2.24) is 5.32 Å². The number of hydrogen-bond acceptors (Lipinski definition) is 3. The maximum Gasteiger partial charge on any atom is 0.124 e. The maximum atomic E-state index is 9.63. The number of hydrogen-bond donors (Lipinski definition) is 2. The molecule has 0 saturated carbocycles. The lowest BCUT2D eigenvalue weighted by molar-refractivity contribution is 0.0551. The quantitative estimate of drug-likeness (QED) is 0.798. The smallest absolute Gasteiger partial charge is 0.124 e. The Morgan fingerprint density at radius 2 is 2.00 bits per heavy atom. The predicted octanol–water partition coefficient (Wildman–Crippen LogP) is 2.51. The van der Waals surface area contributed by atoms with Gasteiger partial charge in [0, 0.05) is 18.0 Å². The monoisotopic (exact) mass is 237 g/mol. The van der Waals surface area contributed by atoms with E-state index in [1.807, 2.05) is 25.2 Å². The van der Waals surface area contributed by atoms with E-state index in [-0.39, 0.29) is 6.04 Å². The van der Waals surface area contributed by atoms with Crippen LogP contribution in [-0.2, 0) is 0 Å². The van der Waals surface area contributed by atoms with Gasteiger partial charge in [-0.3, -0.25) is 0 Å². The van der Waals surface area contributed by atoms with E-state index in [1.54, 1.807) is 13.8 Å². The first-order valence-corrected chi connectivity index (χ1v) is 6.05. The number of ether oxygens (including phenoxy) is 1. The first kappa shape index (κ1) is 14.0. The summed E-state index contributed by atoms with van der Waals surface area (Å²) < 4.78 is 5.74. The fraction of sp³-hybridized carbons (Fsp3) is 0.571. The van der Waals surface area contributed by atoms with Crippen LogP contribution >= 0.6 is 0 Å². The maximum absolute atomic E-state index is 9.63. The van der Waals surface area contributed by atoms with Crippen LogP contribution in [0.15, 0.2) is 24.3 Å². The Kier molecular flexibility index (Phi) is 4.97. The third-order valence-electron chi connectivity index (χ3n) is 2.79. The van der Waals surface area contributed by atoms with Gasteiger partial charge < -0.3 is 15.2 Å². The van der Waals surface area contributed by atoms with Gasteiger partial charge in [0.1, 0.15) is 5.75 Å². The molecule has 3 heteroatoms. The van der Waals surface area contributed by atoms with Gasteiger partial charge in [-0.15, -0.1) is 0 Å². The molecule has 17 heavy (non-hydrogen) atoms. The molecule has 1 aromatic carbocycles. The van der Waals surface area contributed by atoms with E-state index in [0.29, 0.717) is 13.0 Å². The van der Waals surface area contributed by atoms with Gasteiger partial charge in [0.25, 0.3) is 0 Å². The highest BCUT2D eigenvalue weighted by Gasteiger charge is 2.14. The van der Waals surface area contributed by atoms with Gasteiger partial charge >= 0.3 is 0 Å². The van der Waals surface area contributed by atoms with Crippen molar-refractivity contribution < 1.29 is 9.84 Å². The predicted molar refractivity (Wildman–Crippen MR) is 70.3 cm³/mol. The largest absolute Gasteiger partial charge is 0.493 e. The zero-order valence-electron chi connectivity index (χ0n) is 11.2. The van der Waals surface area contributed by atoms with Crippen molar-refractivity contribution in [1.29, 1.82) is 0 Å². The molecule has 1 aromatic rings. The van der Waals surface area contributed by atoms with Crippen molar-refractivity contribution >= 4 is 0 Å². The van der Waals surface area contributed by atoms with E-state index >= 15 is 0 Å². The number of rotatable bonds is 6. The van der Waals surface area contributed by atoms with Crippen LogP contribution in [0.1, 0.15) is 38.8 Å². The number of aliphatic hydroxyl groups is 1. The van der Waals surface area contributed by atoms with Gasteiger partial charge in [-0.05, 0) is 33.9 Å². The lowest BCUT2D eigenvalue weighted by atomic mass is 10.1. The van der Waals surface area contributed by atoms with Crippen LogP contribution in [0, 0.1) is 0 Å². The molecule has 1 rings (SSSR count). The van der Waals surface area contributed by atoms with E-state index in [0.717, 1.165) is 11.3 Å². The lowest BCUT2D eigenvalue weighted by Gasteiger charge is -2.20. The summed E-state index contributed by atoms with van der Waals surface area (Å²) in [6.07, 6.45) is 0.620. The molecule has 0 saturated heterocycles. The highest BCUT2D eigenvalue weighted by Crippen LogP contribution is 2.24. The molecule has 0 aliphatic carbocycles. The molecule has 1 unspecified atom stereocenters. The molecule has 3 nitrogen and oxygen atoms in total. The summed E-state index contributed by atoms with van der Waals surface area (Å²) in [7, 11) is 1.93. The van der Waals surface area contributed by atoms with Gasteiger partial charge in [-0.1, -0.05) is 18.2 Å². The van der Waals surface area contributed by atoms with Gasteiger partial charge in [-0.25, -0.2) is 0 Å². The Morgan fingerprint density at radius 1 is 1.35 bits per heavy atom. The van der Waals surface area contributed by atoms with E-state index in [9.17, 15) is 5.11 Å². The Labute approximate surface area is 104 Å². The first-order valence-electron chi connectivity index (χ1n) is 6.05. The van der Waals surface area contributed by atoms with Crippen molar-refractivity contribution in [3.05, 3.63) is 29.8 Å². The molecule has 0 radical (unpaired) electrons. The minimum atomic E-state index is -0.677. The molecule has 0 aliphatic rings. The normalized spacial score (nSPS) is 13.5. The van der Waals surface area contributed by atoms with Gasteiger partial charge in [0.05, 0.1) is 12.2 Å². The van der Waals surface area contributed by atoms with Crippen LogP contribution < -0.4 is 10.1 Å². The molecule has 0 amide bonds. The standard InChI is InChI=1S/C14H23NO2/c1-11(15-4)12-7-5-6-8-13(12)17-10-9-14(2,3)16/h5-8,11,15-16H,9-10H2,1-4H3. The second-order valence-corrected chi connectivity index (χ2v) is 4.96. The summed E-state index contributed by atoms with van der Waals surface area (Å²) in [6, 6.07) is 8.25. The average Bonchev–Trinajstić information content (AvgIpc) is 2.27. The molecule has 0 fully saturated rings. The van der Waals surface area contributed by atoms with Crippen molar-refractivity contribution in [2.24, 2.45) is 0 Å². The molecule has 0 aliphatic heterocycles. The molecule has 0 bridgehead atoms. The summed E-state index contributed by atoms with van der Waals surface area (Å²) >= 11 is 0. The number of para-hydroxylation sites is 1. The highest BCUT2D eigenvalue weighted by atomic mass is 16.5. The third-order valence-corrected chi connectivity index (χ3v) is 2.79. The zero-order valence-corrected chi connectivity index (χ0v) is 11.2. The Bertz CT molecular complexity index is 344. The average molecular weight is 237 g/mol. The van der Waals surface area contributed by atoms with Crippen LogP contribution in [0.5, 0.6) is 5.75 Å². The fourth-order valence-corrected chi connectivity index (χ4v) is 1.54. The van der Waals surface area contributed by atoms with E-state index in [2.05, 4.69) is 18.3 Å². The van der Waals surface area contributed by atoms with Crippen LogP contribution in [-0.4, -0.2) is 24.4 Å². The Morgan fingerprint density at radius 3 is 2.59 bits per heavy atom. The van der Waals surface area contributed by atoms with Crippen molar-refractivity contribution in [2.75, 3.05) is 13.7 Å². The second-order valence-electron chi connectivity index (χ2n) is 4.96.